The van der Waals surface area contributed by atoms with Gasteiger partial charge in [0.15, 0.2) is 0 Å². The van der Waals surface area contributed by atoms with Crippen molar-refractivity contribution in [1.29, 1.82) is 0 Å². The van der Waals surface area contributed by atoms with E-state index in [-0.39, 0.29) is 12.0 Å². The van der Waals surface area contributed by atoms with Crippen molar-refractivity contribution in [3.63, 3.8) is 0 Å². The highest BCUT2D eigenvalue weighted by Gasteiger charge is 2.22. The quantitative estimate of drug-likeness (QED) is 0.840. The van der Waals surface area contributed by atoms with Crippen molar-refractivity contribution in [2.45, 2.75) is 51.5 Å². The Labute approximate surface area is 132 Å². The van der Waals surface area contributed by atoms with E-state index in [1.165, 1.54) is 0 Å². The van der Waals surface area contributed by atoms with Gasteiger partial charge in [0, 0.05) is 12.6 Å². The van der Waals surface area contributed by atoms with Crippen LogP contribution in [-0.2, 0) is 9.59 Å². The van der Waals surface area contributed by atoms with E-state index < -0.39 is 11.8 Å². The first-order chi connectivity index (χ1) is 10.6. The first kappa shape index (κ1) is 16.5. The zero-order valence-corrected chi connectivity index (χ0v) is 13.5. The molecule has 0 radical (unpaired) electrons. The standard InChI is InChI=1S/C18H26N2O2/c1-13-8-10-16(11-9-13)20-18(22)17(21)19-12-14(2)15-6-4-3-5-7-15/h3-7,13-14,16H,8-12H2,1-2H3,(H,19,21)(H,20,22)/t13?,14-,16?/m1/s1. The van der Waals surface area contributed by atoms with Crippen molar-refractivity contribution in [1.82, 2.24) is 10.6 Å². The summed E-state index contributed by atoms with van der Waals surface area (Å²) in [5.74, 6) is -0.108. The highest BCUT2D eigenvalue weighted by Crippen LogP contribution is 2.23. The molecule has 0 heterocycles. The van der Waals surface area contributed by atoms with E-state index in [9.17, 15) is 9.59 Å². The van der Waals surface area contributed by atoms with Crippen molar-refractivity contribution in [3.8, 4) is 0 Å². The van der Waals surface area contributed by atoms with Crippen molar-refractivity contribution >= 4 is 11.8 Å². The molecule has 1 saturated carbocycles. The van der Waals surface area contributed by atoms with Crippen LogP contribution in [0.5, 0.6) is 0 Å². The summed E-state index contributed by atoms with van der Waals surface area (Å²) in [6, 6.07) is 10.1. The number of carbonyl (C=O) groups is 2. The zero-order valence-electron chi connectivity index (χ0n) is 13.5. The molecule has 1 fully saturated rings. The van der Waals surface area contributed by atoms with Crippen LogP contribution in [0.25, 0.3) is 0 Å². The minimum Gasteiger partial charge on any atom is -0.347 e. The second kappa shape index (κ2) is 7.97. The number of rotatable bonds is 4. The van der Waals surface area contributed by atoms with Crippen LogP contribution in [0.1, 0.15) is 51.0 Å². The molecule has 0 spiro atoms. The number of carbonyl (C=O) groups excluding carboxylic acids is 2. The lowest BCUT2D eigenvalue weighted by molar-refractivity contribution is -0.139. The molecule has 1 aliphatic carbocycles. The Balaban J connectivity index is 1.73. The monoisotopic (exact) mass is 302 g/mol. The Hall–Kier alpha value is -1.84. The summed E-state index contributed by atoms with van der Waals surface area (Å²) in [7, 11) is 0. The molecular weight excluding hydrogens is 276 g/mol. The lowest BCUT2D eigenvalue weighted by Gasteiger charge is -2.26. The predicted octanol–water partition coefficient (Wildman–Crippen LogP) is 2.60. The molecule has 4 heteroatoms. The lowest BCUT2D eigenvalue weighted by atomic mass is 9.87. The third kappa shape index (κ3) is 4.86. The Kier molecular flexibility index (Phi) is 5.99. The maximum atomic E-state index is 11.9. The van der Waals surface area contributed by atoms with Gasteiger partial charge in [0.1, 0.15) is 0 Å². The minimum atomic E-state index is -0.526. The van der Waals surface area contributed by atoms with Gasteiger partial charge in [-0.3, -0.25) is 9.59 Å². The van der Waals surface area contributed by atoms with Crippen LogP contribution in [0.4, 0.5) is 0 Å². The van der Waals surface area contributed by atoms with Crippen LogP contribution in [0.2, 0.25) is 0 Å². The molecule has 1 aromatic rings. The van der Waals surface area contributed by atoms with Gasteiger partial charge in [0.05, 0.1) is 0 Å². The molecule has 1 aliphatic rings. The first-order valence-corrected chi connectivity index (χ1v) is 8.20. The van der Waals surface area contributed by atoms with E-state index in [0.29, 0.717) is 6.54 Å². The van der Waals surface area contributed by atoms with E-state index >= 15 is 0 Å². The van der Waals surface area contributed by atoms with Gasteiger partial charge in [-0.15, -0.1) is 0 Å². The maximum Gasteiger partial charge on any atom is 0.309 e. The maximum absolute atomic E-state index is 11.9. The minimum absolute atomic E-state index is 0.154. The number of amides is 2. The average Bonchev–Trinajstić information content (AvgIpc) is 2.55. The topological polar surface area (TPSA) is 58.2 Å². The molecule has 2 N–H and O–H groups in total. The number of nitrogens with one attached hydrogen (secondary N) is 2. The van der Waals surface area contributed by atoms with E-state index in [1.807, 2.05) is 37.3 Å². The summed E-state index contributed by atoms with van der Waals surface area (Å²) in [4.78, 5) is 23.8. The average molecular weight is 302 g/mol. The van der Waals surface area contributed by atoms with Crippen molar-refractivity contribution in [2.75, 3.05) is 6.54 Å². The molecular formula is C18H26N2O2. The fraction of sp³-hybridized carbons (Fsp3) is 0.556. The largest absolute Gasteiger partial charge is 0.347 e. The summed E-state index contributed by atoms with van der Waals surface area (Å²) in [6.45, 7) is 4.74. The Morgan fingerprint density at radius 3 is 2.36 bits per heavy atom. The van der Waals surface area contributed by atoms with Crippen molar-refractivity contribution in [3.05, 3.63) is 35.9 Å². The van der Waals surface area contributed by atoms with Crippen LogP contribution >= 0.6 is 0 Å². The van der Waals surface area contributed by atoms with Crippen LogP contribution in [0.15, 0.2) is 30.3 Å². The highest BCUT2D eigenvalue weighted by atomic mass is 16.2. The number of hydrogen-bond donors (Lipinski definition) is 2. The molecule has 1 atom stereocenters. The van der Waals surface area contributed by atoms with E-state index in [1.54, 1.807) is 0 Å². The second-order valence-corrected chi connectivity index (χ2v) is 6.45. The zero-order chi connectivity index (χ0) is 15.9. The molecule has 0 aliphatic heterocycles. The summed E-state index contributed by atoms with van der Waals surface area (Å²) < 4.78 is 0. The smallest absolute Gasteiger partial charge is 0.309 e. The third-order valence-corrected chi connectivity index (χ3v) is 4.49. The normalized spacial score (nSPS) is 22.6. The first-order valence-electron chi connectivity index (χ1n) is 8.20. The fourth-order valence-electron chi connectivity index (χ4n) is 2.88. The highest BCUT2D eigenvalue weighted by molar-refractivity contribution is 6.35. The molecule has 0 saturated heterocycles. The van der Waals surface area contributed by atoms with Gasteiger partial charge in [-0.2, -0.15) is 0 Å². The van der Waals surface area contributed by atoms with Crippen molar-refractivity contribution in [2.24, 2.45) is 5.92 Å². The van der Waals surface area contributed by atoms with Crippen molar-refractivity contribution < 1.29 is 9.59 Å². The van der Waals surface area contributed by atoms with Gasteiger partial charge >= 0.3 is 11.8 Å². The summed E-state index contributed by atoms with van der Waals surface area (Å²) in [5, 5.41) is 5.58. The van der Waals surface area contributed by atoms with Crippen LogP contribution in [0, 0.1) is 5.92 Å². The fourth-order valence-corrected chi connectivity index (χ4v) is 2.88. The predicted molar refractivity (Wildman–Crippen MR) is 87.4 cm³/mol. The van der Waals surface area contributed by atoms with Crippen LogP contribution in [-0.4, -0.2) is 24.4 Å². The molecule has 22 heavy (non-hydrogen) atoms. The molecule has 0 bridgehead atoms. The Morgan fingerprint density at radius 1 is 1.09 bits per heavy atom. The summed E-state index contributed by atoms with van der Waals surface area (Å²) in [6.07, 6.45) is 4.19. The van der Waals surface area contributed by atoms with E-state index in [0.717, 1.165) is 37.2 Å². The Morgan fingerprint density at radius 2 is 1.73 bits per heavy atom. The molecule has 2 amide bonds. The lowest BCUT2D eigenvalue weighted by Crippen LogP contribution is -2.46. The van der Waals surface area contributed by atoms with Gasteiger partial charge in [-0.25, -0.2) is 0 Å². The second-order valence-electron chi connectivity index (χ2n) is 6.45. The van der Waals surface area contributed by atoms with Gasteiger partial charge in [0.25, 0.3) is 0 Å². The van der Waals surface area contributed by atoms with Gasteiger partial charge in [-0.1, -0.05) is 44.2 Å². The van der Waals surface area contributed by atoms with Gasteiger partial charge in [-0.05, 0) is 43.1 Å². The van der Waals surface area contributed by atoms with E-state index in [2.05, 4.69) is 17.6 Å². The molecule has 2 rings (SSSR count). The summed E-state index contributed by atoms with van der Waals surface area (Å²) in [5.41, 5.74) is 1.16. The van der Waals surface area contributed by atoms with Gasteiger partial charge in [0.2, 0.25) is 0 Å². The molecule has 0 aromatic heterocycles. The van der Waals surface area contributed by atoms with Gasteiger partial charge < -0.3 is 10.6 Å². The van der Waals surface area contributed by atoms with Crippen LogP contribution < -0.4 is 10.6 Å². The Bertz CT molecular complexity index is 493. The number of hydrogen-bond acceptors (Lipinski definition) is 2. The third-order valence-electron chi connectivity index (χ3n) is 4.49. The molecule has 0 unspecified atom stereocenters. The molecule has 4 nitrogen and oxygen atoms in total. The van der Waals surface area contributed by atoms with Crippen LogP contribution in [0.3, 0.4) is 0 Å². The number of benzene rings is 1. The molecule has 1 aromatic carbocycles. The van der Waals surface area contributed by atoms with E-state index in [4.69, 9.17) is 0 Å². The molecule has 120 valence electrons. The summed E-state index contributed by atoms with van der Waals surface area (Å²) >= 11 is 0. The SMILES string of the molecule is CC1CCC(NC(=O)C(=O)NC[C@@H](C)c2ccccc2)CC1.